The molecule has 0 aromatic heterocycles. The van der Waals surface area contributed by atoms with Crippen LogP contribution in [0.15, 0.2) is 194 Å². The summed E-state index contributed by atoms with van der Waals surface area (Å²) in [4.78, 5) is 0. The van der Waals surface area contributed by atoms with Crippen molar-refractivity contribution in [3.63, 3.8) is 0 Å². The van der Waals surface area contributed by atoms with Crippen LogP contribution >= 0.6 is 0 Å². The van der Waals surface area contributed by atoms with Crippen LogP contribution in [-0.4, -0.2) is 0 Å². The van der Waals surface area contributed by atoms with Gasteiger partial charge in [0.1, 0.15) is 0 Å². The molecule has 0 heteroatoms. The SMILES string of the molecule is c1cc2c3c(cc4c5c(ccc4c3c1)Cc1cc3c(cc1-5)Cc1ccc4c(cc5c6c(cccc64)CC5)c1-3)CC2.c1ccc2c(c1)ccc1c3c(ccc12)Cc1cc2c(cc1-3)Cc1ccc3c(ccc4ccccc43)c1-2. The van der Waals surface area contributed by atoms with E-state index < -0.39 is 0 Å². The van der Waals surface area contributed by atoms with Crippen molar-refractivity contribution in [3.8, 4) is 44.5 Å². The second-order valence-corrected chi connectivity index (χ2v) is 23.1. The van der Waals surface area contributed by atoms with Crippen molar-refractivity contribution in [2.75, 3.05) is 0 Å². The van der Waals surface area contributed by atoms with E-state index in [1.807, 2.05) is 0 Å². The fraction of sp³-hybridized carbons (Fsp3) is 0.105. The van der Waals surface area contributed by atoms with Crippen LogP contribution in [0.5, 0.6) is 0 Å². The smallest absolute Gasteiger partial charge is 0.00130 e. The summed E-state index contributed by atoms with van der Waals surface area (Å²) >= 11 is 0. The first-order valence-electron chi connectivity index (χ1n) is 27.8. The molecular weight excluding hydrogens is 913 g/mol. The second-order valence-electron chi connectivity index (χ2n) is 23.1. The summed E-state index contributed by atoms with van der Waals surface area (Å²) in [7, 11) is 0. The van der Waals surface area contributed by atoms with Crippen LogP contribution in [0.25, 0.3) is 131 Å². The Morgan fingerprint density at radius 2 is 0.513 bits per heavy atom. The molecule has 6 aliphatic rings. The van der Waals surface area contributed by atoms with Gasteiger partial charge in [-0.15, -0.1) is 0 Å². The lowest BCUT2D eigenvalue weighted by Gasteiger charge is -2.13. The maximum Gasteiger partial charge on any atom is -0.00130 e. The molecule has 14 aromatic rings. The van der Waals surface area contributed by atoms with Crippen LogP contribution in [-0.2, 0) is 51.4 Å². The van der Waals surface area contributed by atoms with Gasteiger partial charge in [0.25, 0.3) is 0 Å². The molecule has 0 nitrogen and oxygen atoms in total. The molecule has 20 rings (SSSR count). The summed E-state index contributed by atoms with van der Waals surface area (Å²) in [6, 6.07) is 74.9. The highest BCUT2D eigenvalue weighted by molar-refractivity contribution is 6.19. The first kappa shape index (κ1) is 40.5. The minimum atomic E-state index is 1.02. The third-order valence-corrected chi connectivity index (χ3v) is 19.4. The average Bonchev–Trinajstić information content (AvgIpc) is 4.51. The van der Waals surface area contributed by atoms with E-state index in [4.69, 9.17) is 0 Å². The Hall–Kier alpha value is -8.84. The Morgan fingerprint density at radius 1 is 0.184 bits per heavy atom. The Bertz CT molecular complexity index is 4780. The van der Waals surface area contributed by atoms with E-state index in [1.165, 1.54) is 212 Å². The van der Waals surface area contributed by atoms with Gasteiger partial charge < -0.3 is 0 Å². The molecule has 14 aromatic carbocycles. The van der Waals surface area contributed by atoms with Gasteiger partial charge in [0.15, 0.2) is 0 Å². The minimum Gasteiger partial charge on any atom is -0.0616 e. The number of hydrogen-bond donors (Lipinski definition) is 0. The molecular formula is C76H48. The van der Waals surface area contributed by atoms with Gasteiger partial charge in [0.05, 0.1) is 0 Å². The number of aryl methyl sites for hydroxylation is 4. The lowest BCUT2D eigenvalue weighted by atomic mass is 9.90. The summed E-state index contributed by atoms with van der Waals surface area (Å²) < 4.78 is 0. The fourth-order valence-corrected chi connectivity index (χ4v) is 16.2. The topological polar surface area (TPSA) is 0 Å². The summed E-state index contributed by atoms with van der Waals surface area (Å²) in [6.07, 6.45) is 8.82. The van der Waals surface area contributed by atoms with Crippen LogP contribution < -0.4 is 0 Å². The third-order valence-electron chi connectivity index (χ3n) is 19.4. The van der Waals surface area contributed by atoms with E-state index in [9.17, 15) is 0 Å². The van der Waals surface area contributed by atoms with Crippen molar-refractivity contribution in [1.29, 1.82) is 0 Å². The number of fused-ring (bicyclic) bond motifs is 26. The Kier molecular flexibility index (Phi) is 7.74. The van der Waals surface area contributed by atoms with Gasteiger partial charge >= 0.3 is 0 Å². The fourth-order valence-electron chi connectivity index (χ4n) is 16.2. The van der Waals surface area contributed by atoms with Crippen molar-refractivity contribution in [1.82, 2.24) is 0 Å². The second kappa shape index (κ2) is 14.5. The molecule has 0 unspecified atom stereocenters. The molecule has 6 aliphatic carbocycles. The monoisotopic (exact) mass is 960 g/mol. The van der Waals surface area contributed by atoms with Crippen LogP contribution in [0.3, 0.4) is 0 Å². The van der Waals surface area contributed by atoms with Crippen molar-refractivity contribution < 1.29 is 0 Å². The molecule has 352 valence electrons. The number of rotatable bonds is 0. The lowest BCUT2D eigenvalue weighted by molar-refractivity contribution is 1.03. The summed E-state index contributed by atoms with van der Waals surface area (Å²) in [5.74, 6) is 0. The van der Waals surface area contributed by atoms with Crippen molar-refractivity contribution >= 4 is 86.2 Å². The molecule has 0 N–H and O–H groups in total. The highest BCUT2D eigenvalue weighted by Gasteiger charge is 2.31. The maximum absolute atomic E-state index is 2.57. The molecule has 0 bridgehead atoms. The summed E-state index contributed by atoms with van der Waals surface area (Å²) in [5, 5.41) is 22.5. The lowest BCUT2D eigenvalue weighted by Crippen LogP contribution is -1.89. The molecule has 0 spiro atoms. The van der Waals surface area contributed by atoms with Gasteiger partial charge in [0.2, 0.25) is 0 Å². The van der Waals surface area contributed by atoms with Crippen molar-refractivity contribution in [3.05, 3.63) is 261 Å². The Balaban J connectivity index is 0.000000117. The molecule has 76 heavy (non-hydrogen) atoms. The zero-order valence-electron chi connectivity index (χ0n) is 42.1. The minimum absolute atomic E-state index is 1.02. The zero-order valence-corrected chi connectivity index (χ0v) is 42.1. The van der Waals surface area contributed by atoms with Crippen LogP contribution in [0.4, 0.5) is 0 Å². The molecule has 0 saturated carbocycles. The number of hydrogen-bond acceptors (Lipinski definition) is 0. The van der Waals surface area contributed by atoms with E-state index in [-0.39, 0.29) is 0 Å². The summed E-state index contributed by atoms with van der Waals surface area (Å²) in [5.41, 5.74) is 29.7. The molecule has 0 fully saturated rings. The average molecular weight is 961 g/mol. The van der Waals surface area contributed by atoms with Crippen LogP contribution in [0.1, 0.15) is 66.8 Å². The predicted molar refractivity (Wildman–Crippen MR) is 321 cm³/mol. The van der Waals surface area contributed by atoms with Crippen molar-refractivity contribution in [2.24, 2.45) is 0 Å². The quantitative estimate of drug-likeness (QED) is 0.133. The molecule has 0 aliphatic heterocycles. The van der Waals surface area contributed by atoms with Crippen LogP contribution in [0.2, 0.25) is 0 Å². The van der Waals surface area contributed by atoms with Gasteiger partial charge in [-0.2, -0.15) is 0 Å². The van der Waals surface area contributed by atoms with E-state index in [0.29, 0.717) is 0 Å². The third kappa shape index (κ3) is 5.29. The van der Waals surface area contributed by atoms with E-state index in [0.717, 1.165) is 25.7 Å². The highest BCUT2D eigenvalue weighted by Crippen LogP contribution is 2.53. The Labute approximate surface area is 440 Å². The van der Waals surface area contributed by atoms with Gasteiger partial charge in [-0.25, -0.2) is 0 Å². The van der Waals surface area contributed by atoms with E-state index in [1.54, 1.807) is 11.1 Å². The van der Waals surface area contributed by atoms with Gasteiger partial charge in [-0.3, -0.25) is 0 Å². The van der Waals surface area contributed by atoms with Crippen LogP contribution in [0, 0.1) is 0 Å². The van der Waals surface area contributed by atoms with Gasteiger partial charge in [0, 0.05) is 0 Å². The first-order valence-corrected chi connectivity index (χ1v) is 27.8. The van der Waals surface area contributed by atoms with Gasteiger partial charge in [-0.05, 0) is 285 Å². The molecule has 0 atom stereocenters. The normalized spacial score (nSPS) is 14.4. The standard InChI is InChI=1S/C40H26.C36H22/c1-3-21-7-9-25-17-35-29(31(5-1)37(21)25)13-11-23-15-27-20-34-28(19-33(27)39(23)35)16-24-12-14-30-32-6-2-4-22-8-10-26(38(22)32)18-36(30)40(24)34;1-3-7-27-21(5-1)9-15-31-29(27)13-11-23-17-25-20-34-26(19-33(25)35(23)31)18-24-12-14-30-28-8-4-2-6-22(28)10-16-32(30)36(24)34/h1-6,11-14,17-20H,7-10,15-16H2;1-16,19-20H,17-18H2. The summed E-state index contributed by atoms with van der Waals surface area (Å²) in [6.45, 7) is 0. The first-order chi connectivity index (χ1) is 37.6. The van der Waals surface area contributed by atoms with Gasteiger partial charge in [-0.1, -0.05) is 158 Å². The Morgan fingerprint density at radius 3 is 0.921 bits per heavy atom. The maximum atomic E-state index is 2.57. The largest absolute Gasteiger partial charge is 0.0616 e. The number of benzene rings is 14. The molecule has 0 amide bonds. The zero-order chi connectivity index (χ0) is 49.1. The highest BCUT2D eigenvalue weighted by atomic mass is 14.3. The van der Waals surface area contributed by atoms with E-state index in [2.05, 4.69) is 194 Å². The molecule has 0 heterocycles. The van der Waals surface area contributed by atoms with E-state index >= 15 is 0 Å². The van der Waals surface area contributed by atoms with Crippen molar-refractivity contribution in [2.45, 2.75) is 51.4 Å². The molecule has 0 saturated heterocycles. The predicted octanol–water partition coefficient (Wildman–Crippen LogP) is 19.1. The molecule has 0 radical (unpaired) electrons.